The maximum atomic E-state index is 12.4. The second kappa shape index (κ2) is 7.46. The van der Waals surface area contributed by atoms with Gasteiger partial charge in [-0.1, -0.05) is 25.1 Å². The number of hydrogen-bond donors (Lipinski definition) is 2. The number of para-hydroxylation sites is 1. The molecule has 24 heavy (non-hydrogen) atoms. The Morgan fingerprint density at radius 1 is 1.17 bits per heavy atom. The van der Waals surface area contributed by atoms with E-state index in [-0.39, 0.29) is 5.91 Å². The fraction of sp³-hybridized carbons (Fsp3) is 0.158. The second-order valence-corrected chi connectivity index (χ2v) is 5.33. The first-order valence-electron chi connectivity index (χ1n) is 7.88. The van der Waals surface area contributed by atoms with E-state index in [1.54, 1.807) is 18.5 Å². The zero-order valence-corrected chi connectivity index (χ0v) is 13.5. The summed E-state index contributed by atoms with van der Waals surface area (Å²) >= 11 is 0. The monoisotopic (exact) mass is 321 g/mol. The molecule has 0 unspecified atom stereocenters. The van der Waals surface area contributed by atoms with E-state index < -0.39 is 0 Å². The molecule has 5 heteroatoms. The molecule has 3 aromatic rings. The number of hydrogen-bond acceptors (Lipinski definition) is 4. The largest absolute Gasteiger partial charge is 0.467 e. The van der Waals surface area contributed by atoms with Crippen molar-refractivity contribution < 1.29 is 9.21 Å². The van der Waals surface area contributed by atoms with Crippen LogP contribution in [0.5, 0.6) is 0 Å². The molecule has 2 heterocycles. The van der Waals surface area contributed by atoms with E-state index in [9.17, 15) is 4.79 Å². The molecule has 0 atom stereocenters. The number of rotatable bonds is 6. The van der Waals surface area contributed by atoms with E-state index in [0.717, 1.165) is 29.1 Å². The predicted molar refractivity (Wildman–Crippen MR) is 94.0 cm³/mol. The van der Waals surface area contributed by atoms with Gasteiger partial charge in [-0.25, -0.2) is 0 Å². The number of carbonyl (C=O) groups excluding carboxylic acids is 1. The van der Waals surface area contributed by atoms with Crippen molar-refractivity contribution in [1.29, 1.82) is 0 Å². The number of nitrogens with one attached hydrogen (secondary N) is 2. The lowest BCUT2D eigenvalue weighted by atomic mass is 10.1. The first-order valence-corrected chi connectivity index (χ1v) is 7.88. The van der Waals surface area contributed by atoms with Gasteiger partial charge in [-0.2, -0.15) is 0 Å². The number of amides is 1. The molecule has 122 valence electrons. The van der Waals surface area contributed by atoms with Gasteiger partial charge in [-0.05, 0) is 42.3 Å². The lowest BCUT2D eigenvalue weighted by Crippen LogP contribution is -2.15. The van der Waals surface area contributed by atoms with Crippen LogP contribution in [0.4, 0.5) is 11.4 Å². The first kappa shape index (κ1) is 15.8. The van der Waals surface area contributed by atoms with Gasteiger partial charge in [-0.3, -0.25) is 9.78 Å². The molecule has 0 saturated heterocycles. The third kappa shape index (κ3) is 3.81. The van der Waals surface area contributed by atoms with Crippen molar-refractivity contribution in [2.75, 3.05) is 10.6 Å². The Labute approximate surface area is 140 Å². The maximum absolute atomic E-state index is 12.4. The van der Waals surface area contributed by atoms with Crippen LogP contribution in [0.25, 0.3) is 0 Å². The number of pyridine rings is 1. The average Bonchev–Trinajstić information content (AvgIpc) is 3.14. The Morgan fingerprint density at radius 3 is 2.83 bits per heavy atom. The van der Waals surface area contributed by atoms with Crippen molar-refractivity contribution >= 4 is 17.3 Å². The van der Waals surface area contributed by atoms with Crippen LogP contribution in [0.2, 0.25) is 0 Å². The van der Waals surface area contributed by atoms with Gasteiger partial charge in [-0.15, -0.1) is 0 Å². The lowest BCUT2D eigenvalue weighted by Gasteiger charge is -2.10. The number of anilines is 2. The number of benzene rings is 1. The van der Waals surface area contributed by atoms with Gasteiger partial charge < -0.3 is 15.1 Å². The van der Waals surface area contributed by atoms with Gasteiger partial charge >= 0.3 is 0 Å². The predicted octanol–water partition coefficient (Wildman–Crippen LogP) is 4.10. The minimum Gasteiger partial charge on any atom is -0.467 e. The summed E-state index contributed by atoms with van der Waals surface area (Å²) in [5.74, 6) is 0.604. The third-order valence-electron chi connectivity index (χ3n) is 3.69. The normalized spacial score (nSPS) is 10.4. The van der Waals surface area contributed by atoms with E-state index in [0.29, 0.717) is 12.2 Å². The average molecular weight is 321 g/mol. The molecule has 2 aromatic heterocycles. The van der Waals surface area contributed by atoms with Crippen molar-refractivity contribution in [2.45, 2.75) is 19.9 Å². The highest BCUT2D eigenvalue weighted by molar-refractivity contribution is 6.03. The molecular weight excluding hydrogens is 302 g/mol. The Hall–Kier alpha value is -3.08. The van der Waals surface area contributed by atoms with Crippen LogP contribution in [-0.4, -0.2) is 10.9 Å². The van der Waals surface area contributed by atoms with Gasteiger partial charge in [0.15, 0.2) is 0 Å². The van der Waals surface area contributed by atoms with E-state index in [4.69, 9.17) is 4.42 Å². The van der Waals surface area contributed by atoms with E-state index in [1.165, 1.54) is 0 Å². The minimum atomic E-state index is -0.224. The maximum Gasteiger partial charge on any atom is 0.274 e. The van der Waals surface area contributed by atoms with Gasteiger partial charge in [0.05, 0.1) is 12.8 Å². The molecule has 2 N–H and O–H groups in total. The Kier molecular flexibility index (Phi) is 4.91. The highest BCUT2D eigenvalue weighted by atomic mass is 16.3. The number of aryl methyl sites for hydroxylation is 1. The van der Waals surface area contributed by atoms with Crippen LogP contribution in [0.1, 0.15) is 28.7 Å². The van der Waals surface area contributed by atoms with Crippen molar-refractivity contribution in [3.8, 4) is 0 Å². The molecule has 0 bridgehead atoms. The van der Waals surface area contributed by atoms with Crippen LogP contribution < -0.4 is 10.6 Å². The van der Waals surface area contributed by atoms with Crippen molar-refractivity contribution in [1.82, 2.24) is 4.98 Å². The molecule has 0 spiro atoms. The summed E-state index contributed by atoms with van der Waals surface area (Å²) in [6.45, 7) is 2.61. The van der Waals surface area contributed by atoms with Crippen molar-refractivity contribution in [3.63, 3.8) is 0 Å². The summed E-state index contributed by atoms with van der Waals surface area (Å²) in [6.07, 6.45) is 4.10. The van der Waals surface area contributed by atoms with Crippen LogP contribution >= 0.6 is 0 Å². The fourth-order valence-electron chi connectivity index (χ4n) is 2.40. The zero-order chi connectivity index (χ0) is 16.8. The van der Waals surface area contributed by atoms with Crippen LogP contribution in [0, 0.1) is 0 Å². The number of aromatic nitrogens is 1. The Morgan fingerprint density at radius 2 is 2.04 bits per heavy atom. The molecule has 3 rings (SSSR count). The minimum absolute atomic E-state index is 0.224. The summed E-state index contributed by atoms with van der Waals surface area (Å²) in [5, 5.41) is 6.14. The van der Waals surface area contributed by atoms with Gasteiger partial charge in [0.25, 0.3) is 5.91 Å². The quantitative estimate of drug-likeness (QED) is 0.717. The highest BCUT2D eigenvalue weighted by Gasteiger charge is 2.10. The molecule has 0 fully saturated rings. The smallest absolute Gasteiger partial charge is 0.274 e. The molecule has 0 aliphatic heterocycles. The summed E-state index contributed by atoms with van der Waals surface area (Å²) in [6, 6.07) is 15.1. The van der Waals surface area contributed by atoms with E-state index >= 15 is 0 Å². The van der Waals surface area contributed by atoms with Crippen molar-refractivity contribution in [2.24, 2.45) is 0 Å². The van der Waals surface area contributed by atoms with Crippen LogP contribution in [-0.2, 0) is 13.0 Å². The molecule has 0 aliphatic rings. The van der Waals surface area contributed by atoms with E-state index in [1.807, 2.05) is 42.5 Å². The van der Waals surface area contributed by atoms with Gasteiger partial charge in [0.2, 0.25) is 0 Å². The summed E-state index contributed by atoms with van der Waals surface area (Å²) in [4.78, 5) is 16.6. The summed E-state index contributed by atoms with van der Waals surface area (Å²) < 4.78 is 5.28. The molecule has 1 amide bonds. The lowest BCUT2D eigenvalue weighted by molar-refractivity contribution is 0.102. The van der Waals surface area contributed by atoms with Crippen molar-refractivity contribution in [3.05, 3.63) is 78.0 Å². The summed E-state index contributed by atoms with van der Waals surface area (Å²) in [7, 11) is 0. The van der Waals surface area contributed by atoms with Gasteiger partial charge in [0.1, 0.15) is 11.5 Å². The highest BCUT2D eigenvalue weighted by Crippen LogP contribution is 2.17. The molecule has 0 radical (unpaired) electrons. The molecular formula is C19H19N3O2. The Bertz CT molecular complexity index is 813. The summed E-state index contributed by atoms with van der Waals surface area (Å²) in [5.41, 5.74) is 3.10. The molecule has 1 aromatic carbocycles. The first-order chi connectivity index (χ1) is 11.8. The zero-order valence-electron chi connectivity index (χ0n) is 13.5. The number of carbonyl (C=O) groups is 1. The van der Waals surface area contributed by atoms with Crippen LogP contribution in [0.3, 0.4) is 0 Å². The Balaban J connectivity index is 1.69. The van der Waals surface area contributed by atoms with E-state index in [2.05, 4.69) is 22.5 Å². The third-order valence-corrected chi connectivity index (χ3v) is 3.69. The number of furan rings is 1. The number of nitrogens with zero attached hydrogens (tertiary/aromatic N) is 1. The SMILES string of the molecule is CCc1ccccc1NC(=O)c1cc(NCc2ccco2)ccn1. The fourth-order valence-corrected chi connectivity index (χ4v) is 2.40. The topological polar surface area (TPSA) is 67.2 Å². The second-order valence-electron chi connectivity index (χ2n) is 5.33. The standard InChI is InChI=1S/C19H19N3O2/c1-2-14-6-3-4-8-17(14)22-19(23)18-12-15(9-10-20-18)21-13-16-7-5-11-24-16/h3-12H,2,13H2,1H3,(H,20,21)(H,22,23). The molecule has 0 aliphatic carbocycles. The molecule has 5 nitrogen and oxygen atoms in total. The van der Waals surface area contributed by atoms with Crippen LogP contribution in [0.15, 0.2) is 65.4 Å². The van der Waals surface area contributed by atoms with Gasteiger partial charge in [0, 0.05) is 17.6 Å². The molecule has 0 saturated carbocycles.